The zero-order chi connectivity index (χ0) is 8.27. The fourth-order valence-electron chi connectivity index (χ4n) is 0.770. The van der Waals surface area contributed by atoms with Crippen molar-refractivity contribution in [2.75, 3.05) is 7.11 Å². The third-order valence-corrected chi connectivity index (χ3v) is 2.10. The van der Waals surface area contributed by atoms with Crippen LogP contribution < -0.4 is 0 Å². The quantitative estimate of drug-likeness (QED) is 0.618. The fraction of sp³-hybridized carbons (Fsp3) is 0.250. The molecule has 0 radical (unpaired) electrons. The van der Waals surface area contributed by atoms with E-state index in [1.807, 2.05) is 6.08 Å². The molecule has 0 saturated heterocycles. The van der Waals surface area contributed by atoms with Gasteiger partial charge in [0.25, 0.3) is 0 Å². The number of ether oxygens (including phenoxy) is 1. The van der Waals surface area contributed by atoms with E-state index in [1.54, 1.807) is 19.3 Å². The van der Waals surface area contributed by atoms with Gasteiger partial charge in [-0.05, 0) is 12.2 Å². The van der Waals surface area contributed by atoms with Crippen LogP contribution in [0.4, 0.5) is 0 Å². The Hall–Kier alpha value is -0.400. The van der Waals surface area contributed by atoms with Crippen molar-refractivity contribution in [3.05, 3.63) is 34.1 Å². The highest BCUT2D eigenvalue weighted by molar-refractivity contribution is 6.41. The average Bonchev–Trinajstić information content (AvgIpc) is 2.15. The lowest BCUT2D eigenvalue weighted by molar-refractivity contribution is 0.285. The molecule has 0 spiro atoms. The largest absolute Gasteiger partial charge is 0.501 e. The van der Waals surface area contributed by atoms with E-state index >= 15 is 0 Å². The summed E-state index contributed by atoms with van der Waals surface area (Å²) in [6.07, 6.45) is 6.15. The first kappa shape index (κ1) is 8.69. The molecule has 11 heavy (non-hydrogen) atoms. The van der Waals surface area contributed by atoms with E-state index in [9.17, 15) is 0 Å². The Bertz CT molecular complexity index is 238. The predicted molar refractivity (Wildman–Crippen MR) is 47.6 cm³/mol. The molecular formula is C8H8Cl2O. The summed E-state index contributed by atoms with van der Waals surface area (Å²) in [4.78, 5) is 0. The van der Waals surface area contributed by atoms with Crippen molar-refractivity contribution in [3.8, 4) is 0 Å². The molecule has 0 unspecified atom stereocenters. The first-order chi connectivity index (χ1) is 5.24. The lowest BCUT2D eigenvalue weighted by Gasteiger charge is -1.99. The van der Waals surface area contributed by atoms with Gasteiger partial charge in [0.2, 0.25) is 0 Å². The molecule has 0 atom stereocenters. The standard InChI is InChI=1S/C8H8Cl2O/c1-11-6-3-2-4-7(9)8(10)5-6/h2,4-5H,3H2,1H3. The molecule has 0 heterocycles. The normalized spacial score (nSPS) is 17.9. The number of hydrogen-bond donors (Lipinski definition) is 0. The van der Waals surface area contributed by atoms with E-state index in [2.05, 4.69) is 0 Å². The summed E-state index contributed by atoms with van der Waals surface area (Å²) in [6.45, 7) is 0. The summed E-state index contributed by atoms with van der Waals surface area (Å²) in [5, 5.41) is 1.08. The van der Waals surface area contributed by atoms with Crippen molar-refractivity contribution in [2.45, 2.75) is 6.42 Å². The molecule has 0 N–H and O–H groups in total. The second-order valence-electron chi connectivity index (χ2n) is 2.12. The van der Waals surface area contributed by atoms with Gasteiger partial charge < -0.3 is 4.74 Å². The molecule has 1 aliphatic rings. The monoisotopic (exact) mass is 190 g/mol. The highest BCUT2D eigenvalue weighted by Gasteiger charge is 2.02. The molecule has 0 aromatic heterocycles. The van der Waals surface area contributed by atoms with Crippen LogP contribution in [0.3, 0.4) is 0 Å². The first-order valence-electron chi connectivity index (χ1n) is 3.20. The number of allylic oxidation sites excluding steroid dienone is 5. The molecule has 1 aliphatic carbocycles. The van der Waals surface area contributed by atoms with Crippen molar-refractivity contribution < 1.29 is 4.74 Å². The lowest BCUT2D eigenvalue weighted by atomic mass is 10.3. The second kappa shape index (κ2) is 3.84. The average molecular weight is 191 g/mol. The molecule has 1 rings (SSSR count). The van der Waals surface area contributed by atoms with Gasteiger partial charge in [-0.3, -0.25) is 0 Å². The van der Waals surface area contributed by atoms with Gasteiger partial charge in [-0.25, -0.2) is 0 Å². The third kappa shape index (κ3) is 2.28. The Balaban J connectivity index is 2.92. The lowest BCUT2D eigenvalue weighted by Crippen LogP contribution is -1.82. The number of rotatable bonds is 1. The van der Waals surface area contributed by atoms with E-state index in [-0.39, 0.29) is 0 Å². The highest BCUT2D eigenvalue weighted by atomic mass is 35.5. The zero-order valence-corrected chi connectivity index (χ0v) is 7.62. The van der Waals surface area contributed by atoms with Crippen molar-refractivity contribution in [1.82, 2.24) is 0 Å². The van der Waals surface area contributed by atoms with Gasteiger partial charge in [-0.2, -0.15) is 0 Å². The van der Waals surface area contributed by atoms with Crippen molar-refractivity contribution >= 4 is 23.2 Å². The van der Waals surface area contributed by atoms with Crippen LogP contribution >= 0.6 is 23.2 Å². The minimum atomic E-state index is 0.525. The molecular weight excluding hydrogens is 183 g/mol. The molecule has 0 aromatic rings. The van der Waals surface area contributed by atoms with Crippen LogP contribution in [0, 0.1) is 0 Å². The van der Waals surface area contributed by atoms with Gasteiger partial charge in [-0.1, -0.05) is 29.3 Å². The summed E-state index contributed by atoms with van der Waals surface area (Å²) < 4.78 is 5.02. The van der Waals surface area contributed by atoms with Gasteiger partial charge in [-0.15, -0.1) is 0 Å². The molecule has 60 valence electrons. The van der Waals surface area contributed by atoms with E-state index in [0.717, 1.165) is 12.2 Å². The maximum atomic E-state index is 5.79. The Kier molecular flexibility index (Phi) is 3.03. The minimum Gasteiger partial charge on any atom is -0.501 e. The first-order valence-corrected chi connectivity index (χ1v) is 3.96. The zero-order valence-electron chi connectivity index (χ0n) is 6.10. The van der Waals surface area contributed by atoms with E-state index in [4.69, 9.17) is 27.9 Å². The summed E-state index contributed by atoms with van der Waals surface area (Å²) in [7, 11) is 1.61. The molecule has 0 saturated carbocycles. The molecule has 0 aromatic carbocycles. The summed E-state index contributed by atoms with van der Waals surface area (Å²) in [5.41, 5.74) is 0. The maximum absolute atomic E-state index is 5.79. The molecule has 0 amide bonds. The Morgan fingerprint density at radius 1 is 1.36 bits per heavy atom. The number of halogens is 2. The molecule has 0 aliphatic heterocycles. The van der Waals surface area contributed by atoms with Gasteiger partial charge in [0.05, 0.1) is 17.2 Å². The molecule has 0 bridgehead atoms. The minimum absolute atomic E-state index is 0.525. The Morgan fingerprint density at radius 2 is 2.09 bits per heavy atom. The van der Waals surface area contributed by atoms with Crippen LogP contribution in [0.25, 0.3) is 0 Å². The van der Waals surface area contributed by atoms with E-state index in [0.29, 0.717) is 10.1 Å². The maximum Gasteiger partial charge on any atom is 0.101 e. The van der Waals surface area contributed by atoms with Crippen molar-refractivity contribution in [1.29, 1.82) is 0 Å². The Labute approximate surface area is 75.9 Å². The van der Waals surface area contributed by atoms with Crippen LogP contribution in [-0.4, -0.2) is 7.11 Å². The third-order valence-electron chi connectivity index (χ3n) is 1.36. The van der Waals surface area contributed by atoms with Crippen molar-refractivity contribution in [2.24, 2.45) is 0 Å². The van der Waals surface area contributed by atoms with Gasteiger partial charge in [0.1, 0.15) is 5.76 Å². The van der Waals surface area contributed by atoms with Gasteiger partial charge in [0, 0.05) is 6.42 Å². The SMILES string of the molecule is COC1=CC(Cl)=C(Cl)C=CC1. The topological polar surface area (TPSA) is 9.23 Å². The predicted octanol–water partition coefficient (Wildman–Crippen LogP) is 3.17. The molecule has 1 nitrogen and oxygen atoms in total. The van der Waals surface area contributed by atoms with Crippen LogP contribution in [0.2, 0.25) is 0 Å². The Morgan fingerprint density at radius 3 is 2.73 bits per heavy atom. The summed E-state index contributed by atoms with van der Waals surface area (Å²) in [6, 6.07) is 0. The van der Waals surface area contributed by atoms with Crippen molar-refractivity contribution in [3.63, 3.8) is 0 Å². The van der Waals surface area contributed by atoms with E-state index in [1.165, 1.54) is 0 Å². The highest BCUT2D eigenvalue weighted by Crippen LogP contribution is 2.22. The molecule has 3 heteroatoms. The second-order valence-corrected chi connectivity index (χ2v) is 2.93. The van der Waals surface area contributed by atoms with Gasteiger partial charge in [0.15, 0.2) is 0 Å². The summed E-state index contributed by atoms with van der Waals surface area (Å²) >= 11 is 11.5. The smallest absolute Gasteiger partial charge is 0.101 e. The number of methoxy groups -OCH3 is 1. The number of hydrogen-bond acceptors (Lipinski definition) is 1. The summed E-state index contributed by atoms with van der Waals surface area (Å²) in [5.74, 6) is 0.821. The van der Waals surface area contributed by atoms with E-state index < -0.39 is 0 Å². The van der Waals surface area contributed by atoms with Crippen LogP contribution in [0.15, 0.2) is 34.1 Å². The van der Waals surface area contributed by atoms with Crippen LogP contribution in [0.5, 0.6) is 0 Å². The molecule has 0 fully saturated rings. The fourth-order valence-corrected chi connectivity index (χ4v) is 1.10. The van der Waals surface area contributed by atoms with Gasteiger partial charge >= 0.3 is 0 Å². The van der Waals surface area contributed by atoms with Crippen LogP contribution in [-0.2, 0) is 4.74 Å². The van der Waals surface area contributed by atoms with Crippen LogP contribution in [0.1, 0.15) is 6.42 Å².